The number of nitrogens with zero attached hydrogens (tertiary/aromatic N) is 2. The van der Waals surface area contributed by atoms with Crippen molar-refractivity contribution in [1.29, 1.82) is 0 Å². The number of anilines is 2. The van der Waals surface area contributed by atoms with Gasteiger partial charge in [-0.3, -0.25) is 9.59 Å². The molecule has 2 aromatic carbocycles. The zero-order valence-corrected chi connectivity index (χ0v) is 18.8. The van der Waals surface area contributed by atoms with Gasteiger partial charge in [-0.25, -0.2) is 8.42 Å². The first kappa shape index (κ1) is 22.3. The van der Waals surface area contributed by atoms with Crippen molar-refractivity contribution in [3.63, 3.8) is 0 Å². The number of carbonyl (C=O) groups is 2. The van der Waals surface area contributed by atoms with E-state index >= 15 is 0 Å². The highest BCUT2D eigenvalue weighted by Crippen LogP contribution is 2.30. The average Bonchev–Trinajstić information content (AvgIpc) is 2.72. The third-order valence-corrected chi connectivity index (χ3v) is 7.50. The summed E-state index contributed by atoms with van der Waals surface area (Å²) in [4.78, 5) is 27.0. The molecule has 0 spiro atoms. The largest absolute Gasteiger partial charge is 0.325 e. The second-order valence-electron chi connectivity index (χ2n) is 7.11. The Morgan fingerprint density at radius 3 is 2.67 bits per heavy atom. The van der Waals surface area contributed by atoms with E-state index in [1.54, 1.807) is 34.9 Å². The van der Waals surface area contributed by atoms with Gasteiger partial charge in [0.2, 0.25) is 21.8 Å². The predicted molar refractivity (Wildman–Crippen MR) is 119 cm³/mol. The summed E-state index contributed by atoms with van der Waals surface area (Å²) >= 11 is 1.56. The number of carbonyl (C=O) groups excluding carboxylic acids is 2. The van der Waals surface area contributed by atoms with E-state index in [0.29, 0.717) is 18.7 Å². The van der Waals surface area contributed by atoms with Crippen molar-refractivity contribution in [3.8, 4) is 0 Å². The molecule has 0 radical (unpaired) electrons. The van der Waals surface area contributed by atoms with E-state index in [1.165, 1.54) is 20.0 Å². The van der Waals surface area contributed by atoms with Crippen molar-refractivity contribution >= 4 is 45.0 Å². The van der Waals surface area contributed by atoms with Crippen LogP contribution in [0, 0.1) is 0 Å². The first-order valence-corrected chi connectivity index (χ1v) is 12.2. The fourth-order valence-electron chi connectivity index (χ4n) is 3.43. The van der Waals surface area contributed by atoms with E-state index < -0.39 is 15.9 Å². The Labute approximate surface area is 181 Å². The molecule has 2 amide bonds. The van der Waals surface area contributed by atoms with E-state index in [0.717, 1.165) is 26.9 Å². The number of amides is 2. The van der Waals surface area contributed by atoms with E-state index in [9.17, 15) is 18.0 Å². The molecule has 160 valence electrons. The number of benzene rings is 2. The van der Waals surface area contributed by atoms with Gasteiger partial charge in [0, 0.05) is 36.8 Å². The molecule has 1 aliphatic rings. The lowest BCUT2D eigenvalue weighted by Crippen LogP contribution is -2.36. The van der Waals surface area contributed by atoms with Gasteiger partial charge in [-0.15, -0.1) is 11.8 Å². The summed E-state index contributed by atoms with van der Waals surface area (Å²) in [6.45, 7) is 1.83. The fraction of sp³-hybridized carbons (Fsp3) is 0.333. The molecule has 2 aromatic rings. The van der Waals surface area contributed by atoms with Gasteiger partial charge >= 0.3 is 0 Å². The van der Waals surface area contributed by atoms with Gasteiger partial charge in [-0.2, -0.15) is 4.31 Å². The minimum atomic E-state index is -3.85. The van der Waals surface area contributed by atoms with Gasteiger partial charge in [0.05, 0.1) is 11.4 Å². The Bertz CT molecular complexity index is 1070. The monoisotopic (exact) mass is 447 g/mol. The maximum absolute atomic E-state index is 13.0. The molecule has 0 saturated heterocycles. The second-order valence-corrected chi connectivity index (χ2v) is 10.0. The summed E-state index contributed by atoms with van der Waals surface area (Å²) in [6, 6.07) is 12.1. The first-order chi connectivity index (χ1) is 14.2. The van der Waals surface area contributed by atoms with Crippen molar-refractivity contribution in [1.82, 2.24) is 4.31 Å². The highest BCUT2D eigenvalue weighted by Gasteiger charge is 2.26. The summed E-state index contributed by atoms with van der Waals surface area (Å²) in [5, 5.41) is 2.74. The van der Waals surface area contributed by atoms with E-state index in [4.69, 9.17) is 0 Å². The molecule has 0 aliphatic carbocycles. The number of thioether (sulfide) groups is 1. The number of nitrogens with one attached hydrogen (secondary N) is 1. The fourth-order valence-corrected chi connectivity index (χ4v) is 5.07. The Hall–Kier alpha value is -2.36. The standard InChI is InChI=1S/C21H25N3O4S2/c1-15(25)24-11-5-6-16-12-19(9-10-20(16)24)30(27,28)23(2)14-21(26)22-17-7-4-8-18(13-17)29-3/h4,7-10,12-13H,5-6,11,14H2,1-3H3,(H,22,26). The van der Waals surface area contributed by atoms with Gasteiger partial charge in [0.1, 0.15) is 0 Å². The van der Waals surface area contributed by atoms with E-state index in [1.807, 2.05) is 24.5 Å². The van der Waals surface area contributed by atoms with Gasteiger partial charge < -0.3 is 10.2 Å². The van der Waals surface area contributed by atoms with Crippen LogP contribution in [0.4, 0.5) is 11.4 Å². The number of sulfonamides is 1. The van der Waals surface area contributed by atoms with Crippen LogP contribution in [0.1, 0.15) is 18.9 Å². The maximum atomic E-state index is 13.0. The van der Waals surface area contributed by atoms with Crippen LogP contribution in [0.15, 0.2) is 52.3 Å². The molecule has 1 heterocycles. The van der Waals surface area contributed by atoms with Crippen LogP contribution in [0.25, 0.3) is 0 Å². The third kappa shape index (κ3) is 4.85. The molecule has 0 unspecified atom stereocenters. The van der Waals surface area contributed by atoms with E-state index in [2.05, 4.69) is 5.32 Å². The van der Waals surface area contributed by atoms with Gasteiger partial charge in [0.15, 0.2) is 0 Å². The van der Waals surface area contributed by atoms with Gasteiger partial charge in [-0.05, 0) is 61.1 Å². The lowest BCUT2D eigenvalue weighted by Gasteiger charge is -2.29. The molecule has 1 aliphatic heterocycles. The zero-order valence-electron chi connectivity index (χ0n) is 17.2. The second kappa shape index (κ2) is 9.20. The SMILES string of the molecule is CSc1cccc(NC(=O)CN(C)S(=O)(=O)c2ccc3c(c2)CCCN3C(C)=O)c1. The lowest BCUT2D eigenvalue weighted by molar-refractivity contribution is -0.117. The molecular formula is C21H25N3O4S2. The van der Waals surface area contributed by atoms with Crippen molar-refractivity contribution in [3.05, 3.63) is 48.0 Å². The normalized spacial score (nSPS) is 13.8. The maximum Gasteiger partial charge on any atom is 0.243 e. The molecule has 3 rings (SSSR count). The average molecular weight is 448 g/mol. The van der Waals surface area contributed by atoms with Crippen LogP contribution in [-0.2, 0) is 26.0 Å². The van der Waals surface area contributed by atoms with Crippen molar-refractivity contribution in [2.45, 2.75) is 29.6 Å². The van der Waals surface area contributed by atoms with E-state index in [-0.39, 0.29) is 17.3 Å². The van der Waals surface area contributed by atoms with Gasteiger partial charge in [-0.1, -0.05) is 6.07 Å². The molecule has 0 saturated carbocycles. The summed E-state index contributed by atoms with van der Waals surface area (Å²) in [5.74, 6) is -0.481. The topological polar surface area (TPSA) is 86.8 Å². The quantitative estimate of drug-likeness (QED) is 0.688. The molecular weight excluding hydrogens is 422 g/mol. The van der Waals surface area contributed by atoms with Crippen LogP contribution in [0.2, 0.25) is 0 Å². The number of hydrogen-bond acceptors (Lipinski definition) is 5. The van der Waals surface area contributed by atoms with Gasteiger partial charge in [0.25, 0.3) is 0 Å². The number of rotatable bonds is 6. The Morgan fingerprint density at radius 2 is 1.97 bits per heavy atom. The third-order valence-electron chi connectivity index (χ3n) is 4.98. The number of hydrogen-bond donors (Lipinski definition) is 1. The van der Waals surface area contributed by atoms with Crippen LogP contribution in [0.3, 0.4) is 0 Å². The Kier molecular flexibility index (Phi) is 6.84. The van der Waals surface area contributed by atoms with Crippen LogP contribution in [0.5, 0.6) is 0 Å². The minimum Gasteiger partial charge on any atom is -0.325 e. The zero-order chi connectivity index (χ0) is 21.9. The molecule has 30 heavy (non-hydrogen) atoms. The minimum absolute atomic E-state index is 0.0640. The summed E-state index contributed by atoms with van der Waals surface area (Å²) in [6.07, 6.45) is 3.43. The first-order valence-electron chi connectivity index (χ1n) is 9.53. The summed E-state index contributed by atoms with van der Waals surface area (Å²) in [7, 11) is -2.46. The molecule has 7 nitrogen and oxygen atoms in total. The molecule has 0 aromatic heterocycles. The molecule has 0 fully saturated rings. The molecule has 0 bridgehead atoms. The van der Waals surface area contributed by atoms with Crippen molar-refractivity contribution < 1.29 is 18.0 Å². The van der Waals surface area contributed by atoms with Crippen LogP contribution >= 0.6 is 11.8 Å². The highest BCUT2D eigenvalue weighted by molar-refractivity contribution is 7.98. The molecule has 0 atom stereocenters. The Morgan fingerprint density at radius 1 is 1.20 bits per heavy atom. The predicted octanol–water partition coefficient (Wildman–Crippen LogP) is 2.97. The number of likely N-dealkylation sites (N-methyl/N-ethyl adjacent to an activating group) is 1. The number of fused-ring (bicyclic) bond motifs is 1. The van der Waals surface area contributed by atoms with Crippen molar-refractivity contribution in [2.24, 2.45) is 0 Å². The van der Waals surface area contributed by atoms with Crippen molar-refractivity contribution in [2.75, 3.05) is 36.6 Å². The smallest absolute Gasteiger partial charge is 0.243 e. The van der Waals surface area contributed by atoms with Crippen LogP contribution in [-0.4, -0.2) is 50.9 Å². The van der Waals surface area contributed by atoms with Crippen LogP contribution < -0.4 is 10.2 Å². The molecule has 1 N–H and O–H groups in total. The summed E-state index contributed by atoms with van der Waals surface area (Å²) in [5.41, 5.74) is 2.20. The Balaban J connectivity index is 1.74. The number of aryl methyl sites for hydroxylation is 1. The summed E-state index contributed by atoms with van der Waals surface area (Å²) < 4.78 is 27.0. The lowest BCUT2D eigenvalue weighted by atomic mass is 10.0. The highest BCUT2D eigenvalue weighted by atomic mass is 32.2. The molecule has 9 heteroatoms.